The summed E-state index contributed by atoms with van der Waals surface area (Å²) in [6.45, 7) is 11.1. The van der Waals surface area contributed by atoms with E-state index in [9.17, 15) is 25.3 Å². The van der Waals surface area contributed by atoms with E-state index in [0.717, 1.165) is 19.2 Å². The van der Waals surface area contributed by atoms with E-state index in [-0.39, 0.29) is 16.9 Å². The van der Waals surface area contributed by atoms with Crippen molar-refractivity contribution >= 4 is 17.7 Å². The third-order valence-corrected chi connectivity index (χ3v) is 4.29. The van der Waals surface area contributed by atoms with Crippen LogP contribution in [0.4, 0.5) is 5.69 Å². The van der Waals surface area contributed by atoms with E-state index in [0.29, 0.717) is 13.1 Å². The van der Waals surface area contributed by atoms with Crippen LogP contribution in [0, 0.1) is 21.4 Å². The molecule has 1 aromatic carbocycles. The standard InChI is InChI=1S/C15H17N3O5.C5H13N/c1-4-17(5-2)15(20)11(9-16)6-10-7-12(18(21)22)14(19)13(8-10)23-3;1-4-6(3)5-2/h6-8,19H,4-5H2,1-3H3;4-5H2,1-3H3/b11-6+;. The van der Waals surface area contributed by atoms with Crippen molar-refractivity contribution in [2.75, 3.05) is 40.3 Å². The third kappa shape index (κ3) is 7.79. The van der Waals surface area contributed by atoms with Gasteiger partial charge in [-0.3, -0.25) is 14.9 Å². The highest BCUT2D eigenvalue weighted by Gasteiger charge is 2.21. The normalized spacial score (nSPS) is 10.6. The number of likely N-dealkylation sites (N-methyl/N-ethyl adjacent to an activating group) is 1. The fraction of sp³-hybridized carbons (Fsp3) is 0.500. The molecule has 0 saturated carbocycles. The molecule has 29 heavy (non-hydrogen) atoms. The summed E-state index contributed by atoms with van der Waals surface area (Å²) in [7, 11) is 3.36. The molecular formula is C20H30N4O5. The number of carbonyl (C=O) groups excluding carboxylic acids is 1. The zero-order valence-corrected chi connectivity index (χ0v) is 17.9. The second-order valence-corrected chi connectivity index (χ2v) is 5.98. The van der Waals surface area contributed by atoms with Gasteiger partial charge in [0.1, 0.15) is 11.6 Å². The molecule has 0 unspecified atom stereocenters. The molecule has 0 aliphatic rings. The molecule has 1 N–H and O–H groups in total. The highest BCUT2D eigenvalue weighted by atomic mass is 16.6. The van der Waals surface area contributed by atoms with E-state index in [1.54, 1.807) is 19.9 Å². The maximum Gasteiger partial charge on any atom is 0.315 e. The maximum absolute atomic E-state index is 12.2. The molecule has 0 radical (unpaired) electrons. The highest BCUT2D eigenvalue weighted by molar-refractivity contribution is 6.01. The molecule has 0 aliphatic carbocycles. The second kappa shape index (κ2) is 13.1. The number of nitro groups is 1. The van der Waals surface area contributed by atoms with E-state index in [1.165, 1.54) is 24.2 Å². The van der Waals surface area contributed by atoms with Crippen molar-refractivity contribution in [3.05, 3.63) is 33.4 Å². The average Bonchev–Trinajstić information content (AvgIpc) is 2.73. The summed E-state index contributed by atoms with van der Waals surface area (Å²) in [5, 5.41) is 29.9. The molecule has 0 aliphatic heterocycles. The first-order chi connectivity index (χ1) is 13.7. The largest absolute Gasteiger partial charge is 0.500 e. The van der Waals surface area contributed by atoms with Gasteiger partial charge >= 0.3 is 5.69 Å². The monoisotopic (exact) mass is 406 g/mol. The molecule has 0 fully saturated rings. The quantitative estimate of drug-likeness (QED) is 0.305. The number of benzene rings is 1. The van der Waals surface area contributed by atoms with Gasteiger partial charge in [0, 0.05) is 19.2 Å². The van der Waals surface area contributed by atoms with Crippen LogP contribution in [0.1, 0.15) is 33.3 Å². The molecule has 1 amide bonds. The molecule has 0 aromatic heterocycles. The molecule has 1 aromatic rings. The lowest BCUT2D eigenvalue weighted by atomic mass is 10.1. The highest BCUT2D eigenvalue weighted by Crippen LogP contribution is 2.37. The number of aromatic hydroxyl groups is 1. The molecule has 1 rings (SSSR count). The molecule has 0 spiro atoms. The van der Waals surface area contributed by atoms with Crippen LogP contribution in [0.2, 0.25) is 0 Å². The van der Waals surface area contributed by atoms with E-state index >= 15 is 0 Å². The van der Waals surface area contributed by atoms with Gasteiger partial charge in [-0.2, -0.15) is 5.26 Å². The number of methoxy groups -OCH3 is 1. The van der Waals surface area contributed by atoms with E-state index < -0.39 is 22.3 Å². The van der Waals surface area contributed by atoms with Gasteiger partial charge in [-0.05, 0) is 51.7 Å². The average molecular weight is 406 g/mol. The Morgan fingerprint density at radius 3 is 2.14 bits per heavy atom. The first kappa shape index (κ1) is 25.9. The minimum absolute atomic E-state index is 0.113. The molecule has 0 heterocycles. The van der Waals surface area contributed by atoms with Crippen molar-refractivity contribution in [1.29, 1.82) is 5.26 Å². The molecule has 9 nitrogen and oxygen atoms in total. The van der Waals surface area contributed by atoms with Gasteiger partial charge in [0.25, 0.3) is 5.91 Å². The zero-order chi connectivity index (χ0) is 22.6. The SMILES string of the molecule is CCN(C)CC.CCN(CC)C(=O)/C(C#N)=C/c1cc(OC)c(O)c([N+](=O)[O-])c1. The summed E-state index contributed by atoms with van der Waals surface area (Å²) in [4.78, 5) is 26.1. The van der Waals surface area contributed by atoms with Crippen LogP contribution in [0.5, 0.6) is 11.5 Å². The number of amides is 1. The fourth-order valence-corrected chi connectivity index (χ4v) is 2.21. The van der Waals surface area contributed by atoms with Crippen molar-refractivity contribution in [2.45, 2.75) is 27.7 Å². The molecule has 0 bridgehead atoms. The van der Waals surface area contributed by atoms with Crippen LogP contribution in [-0.2, 0) is 4.79 Å². The number of rotatable bonds is 8. The summed E-state index contributed by atoms with van der Waals surface area (Å²) in [5.41, 5.74) is -0.512. The van der Waals surface area contributed by atoms with E-state index in [1.807, 2.05) is 0 Å². The first-order valence-electron chi connectivity index (χ1n) is 9.35. The van der Waals surface area contributed by atoms with E-state index in [4.69, 9.17) is 4.74 Å². The Labute approximate surface area is 171 Å². The predicted octanol–water partition coefficient (Wildman–Crippen LogP) is 3.04. The Morgan fingerprint density at radius 2 is 1.79 bits per heavy atom. The van der Waals surface area contributed by atoms with Crippen molar-refractivity contribution in [1.82, 2.24) is 9.80 Å². The minimum atomic E-state index is -0.770. The van der Waals surface area contributed by atoms with Gasteiger partial charge < -0.3 is 19.6 Å². The van der Waals surface area contributed by atoms with Gasteiger partial charge in [-0.1, -0.05) is 13.8 Å². The maximum atomic E-state index is 12.2. The van der Waals surface area contributed by atoms with Crippen LogP contribution < -0.4 is 4.74 Å². The van der Waals surface area contributed by atoms with Gasteiger partial charge in [0.2, 0.25) is 5.75 Å². The second-order valence-electron chi connectivity index (χ2n) is 5.98. The Hall–Kier alpha value is -3.12. The summed E-state index contributed by atoms with van der Waals surface area (Å²) in [5.74, 6) is -1.19. The van der Waals surface area contributed by atoms with Crippen molar-refractivity contribution in [3.8, 4) is 17.6 Å². The summed E-state index contributed by atoms with van der Waals surface area (Å²) >= 11 is 0. The van der Waals surface area contributed by atoms with Crippen LogP contribution in [0.15, 0.2) is 17.7 Å². The van der Waals surface area contributed by atoms with Crippen LogP contribution in [0.3, 0.4) is 0 Å². The number of carbonyl (C=O) groups is 1. The number of phenolic OH excluding ortho intramolecular Hbond substituents is 1. The summed E-state index contributed by atoms with van der Waals surface area (Å²) in [6, 6.07) is 4.19. The van der Waals surface area contributed by atoms with Crippen molar-refractivity contribution in [3.63, 3.8) is 0 Å². The summed E-state index contributed by atoms with van der Waals surface area (Å²) in [6.07, 6.45) is 1.23. The lowest BCUT2D eigenvalue weighted by Gasteiger charge is -2.17. The lowest BCUT2D eigenvalue weighted by molar-refractivity contribution is -0.386. The molecule has 0 atom stereocenters. The molecule has 160 valence electrons. The fourth-order valence-electron chi connectivity index (χ4n) is 2.21. The number of phenols is 1. The van der Waals surface area contributed by atoms with Crippen LogP contribution >= 0.6 is 0 Å². The Morgan fingerprint density at radius 1 is 1.24 bits per heavy atom. The number of nitrogens with zero attached hydrogens (tertiary/aromatic N) is 4. The van der Waals surface area contributed by atoms with Crippen molar-refractivity contribution < 1.29 is 19.6 Å². The smallest absolute Gasteiger partial charge is 0.315 e. The Bertz CT molecular complexity index is 763. The minimum Gasteiger partial charge on any atom is -0.500 e. The Kier molecular flexibility index (Phi) is 11.7. The topological polar surface area (TPSA) is 120 Å². The first-order valence-corrected chi connectivity index (χ1v) is 9.35. The van der Waals surface area contributed by atoms with Gasteiger partial charge in [-0.25, -0.2) is 0 Å². The van der Waals surface area contributed by atoms with E-state index in [2.05, 4.69) is 25.8 Å². The number of nitro benzene ring substituents is 1. The summed E-state index contributed by atoms with van der Waals surface area (Å²) < 4.78 is 4.88. The Balaban J connectivity index is 0.00000113. The zero-order valence-electron chi connectivity index (χ0n) is 17.9. The van der Waals surface area contributed by atoms with Crippen molar-refractivity contribution in [2.24, 2.45) is 0 Å². The van der Waals surface area contributed by atoms with Crippen LogP contribution in [0.25, 0.3) is 6.08 Å². The lowest BCUT2D eigenvalue weighted by Crippen LogP contribution is -2.31. The number of hydrogen-bond donors (Lipinski definition) is 1. The molecule has 0 saturated heterocycles. The van der Waals surface area contributed by atoms with Gasteiger partial charge in [0.05, 0.1) is 12.0 Å². The van der Waals surface area contributed by atoms with Crippen LogP contribution in [-0.4, -0.2) is 66.1 Å². The third-order valence-electron chi connectivity index (χ3n) is 4.29. The molecule has 9 heteroatoms. The molecular weight excluding hydrogens is 376 g/mol. The van der Waals surface area contributed by atoms with Gasteiger partial charge in [0.15, 0.2) is 5.75 Å². The van der Waals surface area contributed by atoms with Gasteiger partial charge in [-0.15, -0.1) is 0 Å². The number of ether oxygens (including phenoxy) is 1. The number of nitriles is 1. The predicted molar refractivity (Wildman–Crippen MR) is 112 cm³/mol. The number of hydrogen-bond acceptors (Lipinski definition) is 7.